The number of rotatable bonds is 7. The van der Waals surface area contributed by atoms with Crippen LogP contribution >= 0.6 is 23.1 Å². The van der Waals surface area contributed by atoms with Gasteiger partial charge in [0, 0.05) is 26.1 Å². The molecule has 1 unspecified atom stereocenters. The Morgan fingerprint density at radius 2 is 2.10 bits per heavy atom. The second-order valence-electron chi connectivity index (χ2n) is 7.10. The molecule has 4 rings (SSSR count). The fourth-order valence-electron chi connectivity index (χ4n) is 3.44. The number of likely N-dealkylation sites (tertiary alicyclic amines) is 1. The van der Waals surface area contributed by atoms with E-state index in [1.807, 2.05) is 64.4 Å². The number of nitrogens with zero attached hydrogens (tertiary/aromatic N) is 4. The largest absolute Gasteiger partial charge is 0.493 e. The van der Waals surface area contributed by atoms with E-state index in [9.17, 15) is 4.79 Å². The summed E-state index contributed by atoms with van der Waals surface area (Å²) in [7, 11) is 1.94. The molecular formula is C21H24N4O2S2. The molecule has 2 aromatic heterocycles. The molecule has 1 fully saturated rings. The normalized spacial score (nSPS) is 16.7. The number of thiophene rings is 1. The molecule has 0 spiro atoms. The number of carbonyl (C=O) groups excluding carboxylic acids is 1. The van der Waals surface area contributed by atoms with Gasteiger partial charge in [-0.3, -0.25) is 4.79 Å². The molecule has 8 heteroatoms. The Kier molecular flexibility index (Phi) is 6.51. The molecular weight excluding hydrogens is 404 g/mol. The molecule has 1 amide bonds. The first-order chi connectivity index (χ1) is 14.2. The third kappa shape index (κ3) is 5.00. The van der Waals surface area contributed by atoms with Crippen molar-refractivity contribution in [3.63, 3.8) is 0 Å². The summed E-state index contributed by atoms with van der Waals surface area (Å²) in [6.45, 7) is 2.22. The maximum Gasteiger partial charge on any atom is 0.233 e. The summed E-state index contributed by atoms with van der Waals surface area (Å²) >= 11 is 3.08. The van der Waals surface area contributed by atoms with Crippen molar-refractivity contribution >= 4 is 29.0 Å². The smallest absolute Gasteiger partial charge is 0.233 e. The lowest BCUT2D eigenvalue weighted by Crippen LogP contribution is -2.42. The molecule has 0 saturated carbocycles. The second-order valence-corrected chi connectivity index (χ2v) is 8.99. The Labute approximate surface area is 178 Å². The fraction of sp³-hybridized carbons (Fsp3) is 0.381. The molecule has 29 heavy (non-hydrogen) atoms. The van der Waals surface area contributed by atoms with E-state index >= 15 is 0 Å². The third-order valence-electron chi connectivity index (χ3n) is 5.00. The van der Waals surface area contributed by atoms with Crippen molar-refractivity contribution in [3.8, 4) is 16.5 Å². The summed E-state index contributed by atoms with van der Waals surface area (Å²) in [5, 5.41) is 11.3. The number of carbonyl (C=O) groups is 1. The Balaban J connectivity index is 1.28. The van der Waals surface area contributed by atoms with Crippen molar-refractivity contribution in [1.29, 1.82) is 0 Å². The van der Waals surface area contributed by atoms with Crippen LogP contribution in [-0.2, 0) is 11.8 Å². The lowest BCUT2D eigenvalue weighted by Gasteiger charge is -2.32. The summed E-state index contributed by atoms with van der Waals surface area (Å²) in [5.74, 6) is 2.63. The molecule has 6 nitrogen and oxygen atoms in total. The van der Waals surface area contributed by atoms with Crippen molar-refractivity contribution in [1.82, 2.24) is 19.7 Å². The predicted molar refractivity (Wildman–Crippen MR) is 116 cm³/mol. The molecule has 0 bridgehead atoms. The van der Waals surface area contributed by atoms with Crippen LogP contribution in [0.1, 0.15) is 12.8 Å². The fourth-order valence-corrected chi connectivity index (χ4v) is 4.99. The molecule has 1 aliphatic heterocycles. The number of hydrogen-bond donors (Lipinski definition) is 0. The van der Waals surface area contributed by atoms with Crippen LogP contribution in [0.25, 0.3) is 10.7 Å². The van der Waals surface area contributed by atoms with E-state index in [0.717, 1.165) is 47.5 Å². The molecule has 0 aliphatic carbocycles. The lowest BCUT2D eigenvalue weighted by molar-refractivity contribution is -0.130. The van der Waals surface area contributed by atoms with Crippen LogP contribution in [0.4, 0.5) is 0 Å². The van der Waals surface area contributed by atoms with Gasteiger partial charge in [-0.2, -0.15) is 0 Å². The monoisotopic (exact) mass is 428 g/mol. The van der Waals surface area contributed by atoms with E-state index in [1.54, 1.807) is 11.3 Å². The van der Waals surface area contributed by atoms with E-state index in [4.69, 9.17) is 4.74 Å². The molecule has 0 N–H and O–H groups in total. The Bertz CT molecular complexity index is 928. The number of thioether (sulfide) groups is 1. The Morgan fingerprint density at radius 1 is 1.24 bits per heavy atom. The summed E-state index contributed by atoms with van der Waals surface area (Å²) in [6.07, 6.45) is 2.11. The zero-order valence-electron chi connectivity index (χ0n) is 16.4. The SMILES string of the molecule is Cn1c(SCC(=O)N2CCCC(COc3ccccc3)C2)nnc1-c1cccs1. The quantitative estimate of drug-likeness (QED) is 0.533. The van der Waals surface area contributed by atoms with Gasteiger partial charge in [0.15, 0.2) is 11.0 Å². The third-order valence-corrected chi connectivity index (χ3v) is 6.87. The van der Waals surface area contributed by atoms with Crippen LogP contribution in [0.5, 0.6) is 5.75 Å². The minimum atomic E-state index is 0.153. The highest BCUT2D eigenvalue weighted by Crippen LogP contribution is 2.26. The first kappa shape index (κ1) is 20.0. The lowest BCUT2D eigenvalue weighted by atomic mass is 9.99. The molecule has 1 atom stereocenters. The van der Waals surface area contributed by atoms with Gasteiger partial charge in [0.2, 0.25) is 5.91 Å². The number of hydrogen-bond acceptors (Lipinski definition) is 6. The highest BCUT2D eigenvalue weighted by Gasteiger charge is 2.24. The minimum Gasteiger partial charge on any atom is -0.493 e. The molecule has 1 aliphatic rings. The van der Waals surface area contributed by atoms with Crippen LogP contribution in [0.3, 0.4) is 0 Å². The zero-order valence-corrected chi connectivity index (χ0v) is 18.0. The van der Waals surface area contributed by atoms with Gasteiger partial charge in [-0.15, -0.1) is 21.5 Å². The van der Waals surface area contributed by atoms with Crippen LogP contribution < -0.4 is 4.74 Å². The summed E-state index contributed by atoms with van der Waals surface area (Å²) in [6, 6.07) is 13.9. The molecule has 0 radical (unpaired) electrons. The van der Waals surface area contributed by atoms with Crippen molar-refractivity contribution in [2.24, 2.45) is 13.0 Å². The van der Waals surface area contributed by atoms with Crippen molar-refractivity contribution < 1.29 is 9.53 Å². The van der Waals surface area contributed by atoms with Crippen LogP contribution in [0.15, 0.2) is 53.0 Å². The average Bonchev–Trinajstić information content (AvgIpc) is 3.41. The first-order valence-corrected chi connectivity index (χ1v) is 11.6. The van der Waals surface area contributed by atoms with Gasteiger partial charge in [0.1, 0.15) is 5.75 Å². The van der Waals surface area contributed by atoms with Gasteiger partial charge in [-0.05, 0) is 36.4 Å². The number of ether oxygens (including phenoxy) is 1. The van der Waals surface area contributed by atoms with Gasteiger partial charge in [-0.25, -0.2) is 0 Å². The highest BCUT2D eigenvalue weighted by molar-refractivity contribution is 7.99. The van der Waals surface area contributed by atoms with E-state index in [1.165, 1.54) is 11.8 Å². The number of para-hydroxylation sites is 1. The Hall–Kier alpha value is -2.32. The van der Waals surface area contributed by atoms with Gasteiger partial charge in [0.05, 0.1) is 17.2 Å². The van der Waals surface area contributed by atoms with E-state index < -0.39 is 0 Å². The Morgan fingerprint density at radius 3 is 2.90 bits per heavy atom. The zero-order chi connectivity index (χ0) is 20.1. The standard InChI is InChI=1S/C21H24N4O2S2/c1-24-20(18-10-6-12-28-18)22-23-21(24)29-15-19(26)25-11-5-7-16(13-25)14-27-17-8-3-2-4-9-17/h2-4,6,8-10,12,16H,5,7,11,13-15H2,1H3. The van der Waals surface area contributed by atoms with Gasteiger partial charge >= 0.3 is 0 Å². The van der Waals surface area contributed by atoms with Crippen LogP contribution in [0, 0.1) is 5.92 Å². The van der Waals surface area contributed by atoms with Gasteiger partial charge < -0.3 is 14.2 Å². The van der Waals surface area contributed by atoms with E-state index in [-0.39, 0.29) is 5.91 Å². The molecule has 152 valence electrons. The average molecular weight is 429 g/mol. The van der Waals surface area contributed by atoms with Gasteiger partial charge in [0.25, 0.3) is 0 Å². The van der Waals surface area contributed by atoms with E-state index in [2.05, 4.69) is 10.2 Å². The predicted octanol–water partition coefficient (Wildman–Crippen LogP) is 3.95. The van der Waals surface area contributed by atoms with Gasteiger partial charge in [-0.1, -0.05) is 36.0 Å². The number of benzene rings is 1. The molecule has 3 heterocycles. The van der Waals surface area contributed by atoms with Crippen molar-refractivity contribution in [3.05, 3.63) is 47.8 Å². The van der Waals surface area contributed by atoms with Crippen LogP contribution in [-0.4, -0.2) is 51.0 Å². The molecule has 1 aromatic carbocycles. The maximum absolute atomic E-state index is 12.7. The van der Waals surface area contributed by atoms with Crippen molar-refractivity contribution in [2.75, 3.05) is 25.4 Å². The highest BCUT2D eigenvalue weighted by atomic mass is 32.2. The second kappa shape index (κ2) is 9.45. The summed E-state index contributed by atoms with van der Waals surface area (Å²) in [4.78, 5) is 15.8. The van der Waals surface area contributed by atoms with Crippen molar-refractivity contribution in [2.45, 2.75) is 18.0 Å². The number of piperidine rings is 1. The maximum atomic E-state index is 12.7. The minimum absolute atomic E-state index is 0.153. The number of amides is 1. The summed E-state index contributed by atoms with van der Waals surface area (Å²) in [5.41, 5.74) is 0. The first-order valence-electron chi connectivity index (χ1n) is 9.72. The summed E-state index contributed by atoms with van der Waals surface area (Å²) < 4.78 is 7.85. The topological polar surface area (TPSA) is 60.2 Å². The molecule has 1 saturated heterocycles. The molecule has 3 aromatic rings. The number of aromatic nitrogens is 3. The van der Waals surface area contributed by atoms with Crippen LogP contribution in [0.2, 0.25) is 0 Å². The van der Waals surface area contributed by atoms with E-state index in [0.29, 0.717) is 18.3 Å².